The normalized spacial score (nSPS) is 12.5. The number of carboxylic acids is 1. The minimum Gasteiger partial charge on any atom is -0.480 e. The molecule has 0 aliphatic carbocycles. The summed E-state index contributed by atoms with van der Waals surface area (Å²) in [5, 5.41) is 15.4. The maximum Gasteiger partial charge on any atom is 0.538 e. The second kappa shape index (κ2) is 19.4. The number of terminal acetylenes is 1. The van der Waals surface area contributed by atoms with Crippen LogP contribution in [0.15, 0.2) is 77.7 Å². The van der Waals surface area contributed by atoms with Crippen molar-refractivity contribution in [1.29, 1.82) is 0 Å². The maximum atomic E-state index is 13.4. The van der Waals surface area contributed by atoms with E-state index in [9.17, 15) is 33.6 Å². The predicted molar refractivity (Wildman–Crippen MR) is 213 cm³/mol. The number of aryl methyl sites for hydroxylation is 1. The molecule has 18 heteroatoms. The lowest BCUT2D eigenvalue weighted by Gasteiger charge is -2.15. The number of aromatic amines is 1. The van der Waals surface area contributed by atoms with Crippen molar-refractivity contribution in [2.45, 2.75) is 58.7 Å². The predicted octanol–water partition coefficient (Wildman–Crippen LogP) is 4.68. The number of H-pyrrole nitrogens is 1. The van der Waals surface area contributed by atoms with Crippen LogP contribution in [0.3, 0.4) is 0 Å². The standard InChI is InChI=1S/C40H40N7O10P/c1-4-55-58(54,56-5-2)57-23-26-9-7-25(8-10-26)19-34(49)32-16-6-24(3)18-28(32)20-31(48)15-17-33(39(52)53)45-37(50)27-11-13-29(14-12-27)42-21-30-22-43-36-35(44-30)38(51)47-40(41)46-36/h1,6-14,16,18,22,33,42H,5,15,17,19-21,23H2,2-3H3,(H,45,50)(H,52,53)(H3,41,43,46,47,51)/t33-,58?/m0/s1. The molecule has 17 nitrogen and oxygen atoms in total. The summed E-state index contributed by atoms with van der Waals surface area (Å²) in [5.41, 5.74) is 9.46. The number of nitrogen functional groups attached to an aromatic ring is 1. The van der Waals surface area contributed by atoms with Gasteiger partial charge in [-0.3, -0.25) is 33.2 Å². The van der Waals surface area contributed by atoms with Gasteiger partial charge in [0.15, 0.2) is 16.9 Å². The third-order valence-corrected chi connectivity index (χ3v) is 9.95. The van der Waals surface area contributed by atoms with Gasteiger partial charge in [-0.15, -0.1) is 0 Å². The number of aromatic nitrogens is 4. The molecule has 2 atom stereocenters. The number of hydrogen-bond donors (Lipinski definition) is 5. The van der Waals surface area contributed by atoms with E-state index >= 15 is 0 Å². The Labute approximate surface area is 332 Å². The molecule has 0 saturated heterocycles. The van der Waals surface area contributed by atoms with E-state index in [2.05, 4.69) is 35.1 Å². The van der Waals surface area contributed by atoms with Crippen LogP contribution in [0.5, 0.6) is 0 Å². The van der Waals surface area contributed by atoms with Gasteiger partial charge in [0, 0.05) is 36.1 Å². The fraction of sp³-hybridized carbons (Fsp3) is 0.250. The summed E-state index contributed by atoms with van der Waals surface area (Å²) in [6, 6.07) is 16.9. The molecule has 5 rings (SSSR count). The zero-order valence-corrected chi connectivity index (χ0v) is 32.4. The van der Waals surface area contributed by atoms with Crippen LogP contribution in [-0.4, -0.2) is 61.1 Å². The van der Waals surface area contributed by atoms with Gasteiger partial charge < -0.3 is 26.0 Å². The molecule has 5 aromatic rings. The summed E-state index contributed by atoms with van der Waals surface area (Å²) < 4.78 is 27.4. The van der Waals surface area contributed by atoms with Gasteiger partial charge in [0.1, 0.15) is 17.9 Å². The van der Waals surface area contributed by atoms with Crippen LogP contribution in [0.25, 0.3) is 11.2 Å². The largest absolute Gasteiger partial charge is 0.538 e. The Morgan fingerprint density at radius 1 is 1.00 bits per heavy atom. The Kier molecular flexibility index (Phi) is 14.2. The van der Waals surface area contributed by atoms with Crippen molar-refractivity contribution in [3.63, 3.8) is 0 Å². The minimum atomic E-state index is -3.91. The molecule has 0 aliphatic rings. The van der Waals surface area contributed by atoms with Crippen molar-refractivity contribution < 1.29 is 42.4 Å². The number of amides is 1. The van der Waals surface area contributed by atoms with E-state index in [0.717, 1.165) is 5.56 Å². The summed E-state index contributed by atoms with van der Waals surface area (Å²) in [4.78, 5) is 78.5. The zero-order chi connectivity index (χ0) is 41.8. The average Bonchev–Trinajstić information content (AvgIpc) is 3.18. The van der Waals surface area contributed by atoms with Gasteiger partial charge in [0.05, 0.1) is 31.6 Å². The number of phosphoric acid groups is 1. The zero-order valence-electron chi connectivity index (χ0n) is 31.5. The lowest BCUT2D eigenvalue weighted by atomic mass is 9.93. The van der Waals surface area contributed by atoms with Gasteiger partial charge in [0.25, 0.3) is 11.5 Å². The molecule has 0 aliphatic heterocycles. The fourth-order valence-electron chi connectivity index (χ4n) is 5.73. The highest BCUT2D eigenvalue weighted by atomic mass is 31.2. The van der Waals surface area contributed by atoms with E-state index in [1.54, 1.807) is 61.5 Å². The number of fused-ring (bicyclic) bond motifs is 1. The molecule has 0 saturated carbocycles. The molecular weight excluding hydrogens is 769 g/mol. The number of aliphatic carboxylic acids is 1. The van der Waals surface area contributed by atoms with Crippen molar-refractivity contribution in [3.8, 4) is 12.5 Å². The Morgan fingerprint density at radius 3 is 2.41 bits per heavy atom. The van der Waals surface area contributed by atoms with Gasteiger partial charge in [0.2, 0.25) is 5.95 Å². The molecule has 0 fully saturated rings. The van der Waals surface area contributed by atoms with Crippen LogP contribution in [0.2, 0.25) is 0 Å². The number of Topliss-reactive ketones (excluding diaryl/α,β-unsaturated/α-hetero) is 2. The number of nitrogens with zero attached hydrogens (tertiary/aromatic N) is 3. The molecule has 58 heavy (non-hydrogen) atoms. The molecule has 0 radical (unpaired) electrons. The van der Waals surface area contributed by atoms with Crippen LogP contribution in [0.4, 0.5) is 11.6 Å². The van der Waals surface area contributed by atoms with Crippen LogP contribution < -0.4 is 21.9 Å². The Morgan fingerprint density at radius 2 is 1.72 bits per heavy atom. The first kappa shape index (κ1) is 42.4. The highest BCUT2D eigenvalue weighted by Gasteiger charge is 2.27. The first-order valence-electron chi connectivity index (χ1n) is 17.9. The van der Waals surface area contributed by atoms with Crippen LogP contribution in [0, 0.1) is 19.5 Å². The summed E-state index contributed by atoms with van der Waals surface area (Å²) in [5.74, 6) is -2.55. The topological polar surface area (TPSA) is 255 Å². The highest BCUT2D eigenvalue weighted by Crippen LogP contribution is 2.49. The highest BCUT2D eigenvalue weighted by molar-refractivity contribution is 7.48. The maximum absolute atomic E-state index is 13.4. The summed E-state index contributed by atoms with van der Waals surface area (Å²) in [7, 11) is -3.91. The SMILES string of the molecule is C#COP(=O)(OCC)OCc1ccc(CC(=O)c2ccc(C)cc2CC(=O)CC[C@H](NC(=O)c2ccc(NCc3cnc4nc(N)[nH]c(=O)c4n3)cc2)C(=O)O)cc1. The number of phosphoric ester groups is 1. The van der Waals surface area contributed by atoms with Crippen LogP contribution >= 0.6 is 7.82 Å². The molecule has 1 amide bonds. The van der Waals surface area contributed by atoms with Crippen LogP contribution in [-0.2, 0) is 53.7 Å². The molecule has 0 bridgehead atoms. The third kappa shape index (κ3) is 11.6. The molecule has 2 heterocycles. The van der Waals surface area contributed by atoms with Gasteiger partial charge in [-0.1, -0.05) is 54.5 Å². The van der Waals surface area contributed by atoms with E-state index in [-0.39, 0.29) is 79.7 Å². The van der Waals surface area contributed by atoms with Crippen LogP contribution in [0.1, 0.15) is 68.4 Å². The van der Waals surface area contributed by atoms with Crippen molar-refractivity contribution in [2.75, 3.05) is 17.7 Å². The van der Waals surface area contributed by atoms with Crippen molar-refractivity contribution >= 4 is 54.1 Å². The number of nitrogens with one attached hydrogen (secondary N) is 3. The monoisotopic (exact) mass is 809 g/mol. The Hall–Kier alpha value is -6.73. The number of benzene rings is 3. The summed E-state index contributed by atoms with van der Waals surface area (Å²) in [6.07, 6.45) is 7.93. The fourth-order valence-corrected chi connectivity index (χ4v) is 6.67. The third-order valence-electron chi connectivity index (χ3n) is 8.60. The number of carboxylic acid groups (broad SMARTS) is 1. The molecule has 2 aromatic heterocycles. The number of nitrogens with two attached hydrogens (primary N) is 1. The summed E-state index contributed by atoms with van der Waals surface area (Å²) >= 11 is 0. The quantitative estimate of drug-likeness (QED) is 0.0406. The molecule has 3 aromatic carbocycles. The molecule has 0 spiro atoms. The van der Waals surface area contributed by atoms with Gasteiger partial charge in [-0.05, 0) is 61.2 Å². The minimum absolute atomic E-state index is 0.0305. The van der Waals surface area contributed by atoms with Gasteiger partial charge in [-0.2, -0.15) is 4.98 Å². The van der Waals surface area contributed by atoms with Crippen molar-refractivity contribution in [1.82, 2.24) is 25.3 Å². The van der Waals surface area contributed by atoms with E-state index < -0.39 is 31.3 Å². The smallest absolute Gasteiger partial charge is 0.480 e. The Bertz CT molecular complexity index is 2470. The number of hydrogen-bond acceptors (Lipinski definition) is 14. The number of rotatable bonds is 20. The molecule has 6 N–H and O–H groups in total. The van der Waals surface area contributed by atoms with E-state index in [4.69, 9.17) is 21.2 Å². The lowest BCUT2D eigenvalue weighted by Crippen LogP contribution is -2.41. The van der Waals surface area contributed by atoms with E-state index in [0.29, 0.717) is 33.6 Å². The second-order valence-corrected chi connectivity index (χ2v) is 14.6. The van der Waals surface area contributed by atoms with E-state index in [1.807, 2.05) is 13.0 Å². The van der Waals surface area contributed by atoms with Gasteiger partial charge in [-0.25, -0.2) is 19.3 Å². The second-order valence-electron chi connectivity index (χ2n) is 13.0. The number of carbonyl (C=O) groups is 4. The van der Waals surface area contributed by atoms with Gasteiger partial charge >= 0.3 is 13.8 Å². The molecule has 1 unspecified atom stereocenters. The lowest BCUT2D eigenvalue weighted by molar-refractivity contribution is -0.139. The average molecular weight is 810 g/mol. The molecular formula is C40H40N7O10P. The first-order valence-corrected chi connectivity index (χ1v) is 19.4. The number of ketones is 2. The first-order chi connectivity index (χ1) is 27.7. The van der Waals surface area contributed by atoms with E-state index in [1.165, 1.54) is 18.3 Å². The number of anilines is 2. The number of carbonyl (C=O) groups excluding carboxylic acids is 3. The summed E-state index contributed by atoms with van der Waals surface area (Å²) in [6.45, 7) is 3.61. The van der Waals surface area contributed by atoms with Crippen molar-refractivity contribution in [3.05, 3.63) is 122 Å². The molecule has 300 valence electrons. The Balaban J connectivity index is 1.13. The van der Waals surface area contributed by atoms with Crippen molar-refractivity contribution in [2.24, 2.45) is 0 Å².